The zero-order chi connectivity index (χ0) is 13.3. The van der Waals surface area contributed by atoms with E-state index in [9.17, 15) is 0 Å². The second-order valence-electron chi connectivity index (χ2n) is 4.07. The Balaban J connectivity index is -0.0000000726. The maximum absolute atomic E-state index is 2.28. The quantitative estimate of drug-likeness (QED) is 0.504. The van der Waals surface area contributed by atoms with Crippen LogP contribution in [0.3, 0.4) is 0 Å². The van der Waals surface area contributed by atoms with E-state index in [0.29, 0.717) is 0 Å². The molecule has 0 unspecified atom stereocenters. The van der Waals surface area contributed by atoms with Crippen molar-refractivity contribution >= 4 is 0 Å². The van der Waals surface area contributed by atoms with Crippen molar-refractivity contribution in [1.82, 2.24) is 0 Å². The summed E-state index contributed by atoms with van der Waals surface area (Å²) in [5, 5.41) is 0. The van der Waals surface area contributed by atoms with E-state index in [0.717, 1.165) is 11.8 Å². The van der Waals surface area contributed by atoms with Gasteiger partial charge in [-0.05, 0) is 11.8 Å². The van der Waals surface area contributed by atoms with Crippen LogP contribution < -0.4 is 0 Å². The molecule has 0 aliphatic rings. The molecule has 0 aromatic rings. The van der Waals surface area contributed by atoms with Gasteiger partial charge in [-0.15, -0.1) is 0 Å². The Hall–Kier alpha value is 0. The molecule has 0 rings (SSSR count). The molecule has 15 heavy (non-hydrogen) atoms. The third-order valence-corrected chi connectivity index (χ3v) is 1.32. The van der Waals surface area contributed by atoms with Crippen molar-refractivity contribution in [3.8, 4) is 0 Å². The molecule has 98 valence electrons. The van der Waals surface area contributed by atoms with Gasteiger partial charge >= 0.3 is 0 Å². The molecule has 0 saturated heterocycles. The van der Waals surface area contributed by atoms with Crippen molar-refractivity contribution in [1.29, 1.82) is 0 Å². The first-order valence-electron chi connectivity index (χ1n) is 7.04. The van der Waals surface area contributed by atoms with Gasteiger partial charge in [-0.25, -0.2) is 0 Å². The third kappa shape index (κ3) is 80.6. The SMILES string of the molecule is CC.CC.CC(C)CCC(C)C.CCC. The van der Waals surface area contributed by atoms with E-state index in [-0.39, 0.29) is 0 Å². The maximum Gasteiger partial charge on any atom is -0.0471 e. The van der Waals surface area contributed by atoms with Gasteiger partial charge in [-0.1, -0.05) is 88.5 Å². The molecule has 0 fully saturated rings. The fraction of sp³-hybridized carbons (Fsp3) is 1.00. The first-order chi connectivity index (χ1) is 7.04. The highest BCUT2D eigenvalue weighted by Gasteiger charge is 1.95. The molecule has 0 radical (unpaired) electrons. The van der Waals surface area contributed by atoms with Crippen LogP contribution in [0.5, 0.6) is 0 Å². The lowest BCUT2D eigenvalue weighted by atomic mass is 10.0. The van der Waals surface area contributed by atoms with Crippen LogP contribution in [0.1, 0.15) is 88.5 Å². The molecule has 0 aromatic heterocycles. The molecule has 0 atom stereocenters. The van der Waals surface area contributed by atoms with Crippen LogP contribution in [0.25, 0.3) is 0 Å². The summed E-state index contributed by atoms with van der Waals surface area (Å²) in [6, 6.07) is 0. The van der Waals surface area contributed by atoms with Crippen molar-refractivity contribution in [2.24, 2.45) is 11.8 Å². The Labute approximate surface area is 101 Å². The van der Waals surface area contributed by atoms with E-state index < -0.39 is 0 Å². The van der Waals surface area contributed by atoms with E-state index in [1.54, 1.807) is 0 Å². The molecule has 0 amide bonds. The highest BCUT2D eigenvalue weighted by Crippen LogP contribution is 2.09. The molecule has 0 aliphatic carbocycles. The predicted octanol–water partition coefficient (Wildman–Crippen LogP) is 6.55. The van der Waals surface area contributed by atoms with E-state index in [4.69, 9.17) is 0 Å². The molecular weight excluding hydrogens is 180 g/mol. The molecule has 0 aliphatic heterocycles. The minimum absolute atomic E-state index is 0.886. The molecule has 0 saturated carbocycles. The topological polar surface area (TPSA) is 0 Å². The zero-order valence-electron chi connectivity index (χ0n) is 13.3. The molecule has 0 bridgehead atoms. The Morgan fingerprint density at radius 2 is 0.733 bits per heavy atom. The van der Waals surface area contributed by atoms with Crippen LogP contribution >= 0.6 is 0 Å². The molecule has 0 nitrogen and oxygen atoms in total. The fourth-order valence-corrected chi connectivity index (χ4v) is 0.667. The highest BCUT2D eigenvalue weighted by molar-refractivity contribution is 4.48. The lowest BCUT2D eigenvalue weighted by molar-refractivity contribution is 0.476. The van der Waals surface area contributed by atoms with Gasteiger partial charge in [-0.2, -0.15) is 0 Å². The van der Waals surface area contributed by atoms with Crippen molar-refractivity contribution in [3.05, 3.63) is 0 Å². The standard InChI is InChI=1S/C8H18.C3H8.2C2H6/c1-7(2)5-6-8(3)4;1-3-2;2*1-2/h7-8H,5-6H2,1-4H3;3H2,1-2H3;2*1-2H3. The van der Waals surface area contributed by atoms with Crippen LogP contribution in [0, 0.1) is 11.8 Å². The lowest BCUT2D eigenvalue weighted by Crippen LogP contribution is -1.91. The van der Waals surface area contributed by atoms with E-state index >= 15 is 0 Å². The molecule has 0 N–H and O–H groups in total. The summed E-state index contributed by atoms with van der Waals surface area (Å²) >= 11 is 0. The van der Waals surface area contributed by atoms with Crippen LogP contribution in [0.2, 0.25) is 0 Å². The molecular formula is C15H38. The number of hydrogen-bond acceptors (Lipinski definition) is 0. The van der Waals surface area contributed by atoms with E-state index in [2.05, 4.69) is 41.5 Å². The van der Waals surface area contributed by atoms with Gasteiger partial charge in [0, 0.05) is 0 Å². The van der Waals surface area contributed by atoms with Crippen molar-refractivity contribution in [3.63, 3.8) is 0 Å². The third-order valence-electron chi connectivity index (χ3n) is 1.32. The highest BCUT2D eigenvalue weighted by atomic mass is 14.0. The average molecular weight is 218 g/mol. The maximum atomic E-state index is 2.28. The van der Waals surface area contributed by atoms with Crippen molar-refractivity contribution in [2.45, 2.75) is 88.5 Å². The number of rotatable bonds is 3. The predicted molar refractivity (Wildman–Crippen MR) is 77.6 cm³/mol. The van der Waals surface area contributed by atoms with Gasteiger partial charge in [0.1, 0.15) is 0 Å². The fourth-order valence-electron chi connectivity index (χ4n) is 0.667. The van der Waals surface area contributed by atoms with Crippen molar-refractivity contribution < 1.29 is 0 Å². The number of hydrogen-bond donors (Lipinski definition) is 0. The van der Waals surface area contributed by atoms with Gasteiger partial charge in [0.05, 0.1) is 0 Å². The Bertz CT molecular complexity index is 45.1. The summed E-state index contributed by atoms with van der Waals surface area (Å²) in [4.78, 5) is 0. The molecule has 0 aromatic carbocycles. The van der Waals surface area contributed by atoms with E-state index in [1.165, 1.54) is 19.3 Å². The Kier molecular flexibility index (Phi) is 47.3. The first-order valence-corrected chi connectivity index (χ1v) is 7.04. The second-order valence-corrected chi connectivity index (χ2v) is 4.07. The second kappa shape index (κ2) is 29.2. The minimum Gasteiger partial charge on any atom is -0.0683 e. The van der Waals surface area contributed by atoms with Gasteiger partial charge in [0.2, 0.25) is 0 Å². The van der Waals surface area contributed by atoms with Crippen LogP contribution in [-0.4, -0.2) is 0 Å². The molecule has 0 heteroatoms. The van der Waals surface area contributed by atoms with Crippen LogP contribution in [0.4, 0.5) is 0 Å². The monoisotopic (exact) mass is 218 g/mol. The van der Waals surface area contributed by atoms with Crippen LogP contribution in [-0.2, 0) is 0 Å². The summed E-state index contributed by atoms with van der Waals surface area (Å²) in [5.74, 6) is 1.77. The van der Waals surface area contributed by atoms with Gasteiger partial charge in [0.25, 0.3) is 0 Å². The lowest BCUT2D eigenvalue weighted by Gasteiger charge is -2.05. The van der Waals surface area contributed by atoms with E-state index in [1.807, 2.05) is 27.7 Å². The summed E-state index contributed by atoms with van der Waals surface area (Å²) in [5.41, 5.74) is 0. The van der Waals surface area contributed by atoms with Gasteiger partial charge < -0.3 is 0 Å². The largest absolute Gasteiger partial charge is 0.0683 e. The Morgan fingerprint density at radius 1 is 0.600 bits per heavy atom. The summed E-state index contributed by atoms with van der Waals surface area (Å²) in [6.45, 7) is 21.4. The Morgan fingerprint density at radius 3 is 0.800 bits per heavy atom. The van der Waals surface area contributed by atoms with Crippen LogP contribution in [0.15, 0.2) is 0 Å². The summed E-state index contributed by atoms with van der Waals surface area (Å²) < 4.78 is 0. The smallest absolute Gasteiger partial charge is 0.0471 e. The molecule has 0 spiro atoms. The zero-order valence-corrected chi connectivity index (χ0v) is 13.3. The molecule has 0 heterocycles. The normalized spacial score (nSPS) is 8.00. The summed E-state index contributed by atoms with van der Waals surface area (Å²) in [7, 11) is 0. The summed E-state index contributed by atoms with van der Waals surface area (Å²) in [6.07, 6.45) is 4.02. The minimum atomic E-state index is 0.886. The average Bonchev–Trinajstić information content (AvgIpc) is 2.22. The van der Waals surface area contributed by atoms with Gasteiger partial charge in [-0.3, -0.25) is 0 Å². The first kappa shape index (κ1) is 24.3. The van der Waals surface area contributed by atoms with Crippen molar-refractivity contribution in [2.75, 3.05) is 0 Å². The van der Waals surface area contributed by atoms with Gasteiger partial charge in [0.15, 0.2) is 0 Å².